The highest BCUT2D eigenvalue weighted by Gasteiger charge is 2.37. The van der Waals surface area contributed by atoms with E-state index in [0.29, 0.717) is 5.56 Å². The van der Waals surface area contributed by atoms with E-state index in [9.17, 15) is 9.50 Å². The van der Waals surface area contributed by atoms with Crippen molar-refractivity contribution in [3.05, 3.63) is 34.1 Å². The van der Waals surface area contributed by atoms with Crippen LogP contribution in [0.15, 0.2) is 22.7 Å². The highest BCUT2D eigenvalue weighted by molar-refractivity contribution is 9.10. The average Bonchev–Trinajstić information content (AvgIpc) is 2.69. The van der Waals surface area contributed by atoms with Crippen LogP contribution in [0.4, 0.5) is 4.39 Å². The maximum Gasteiger partial charge on any atom is 0.129 e. The molecule has 1 atom stereocenters. The van der Waals surface area contributed by atoms with Gasteiger partial charge >= 0.3 is 0 Å². The lowest BCUT2D eigenvalue weighted by Gasteiger charge is -2.30. The first-order valence-corrected chi connectivity index (χ1v) is 6.45. The van der Waals surface area contributed by atoms with Crippen molar-refractivity contribution in [1.29, 1.82) is 0 Å². The van der Waals surface area contributed by atoms with E-state index in [0.717, 1.165) is 30.2 Å². The third-order valence-electron chi connectivity index (χ3n) is 3.66. The Morgan fingerprint density at radius 3 is 2.62 bits per heavy atom. The standard InChI is InChI=1S/C13H16BrFO/c1-13(6-2-3-7-13)12(16)10-8-9(14)4-5-11(10)15/h4-5,8,12,16H,2-3,6-7H2,1H3. The second kappa shape index (κ2) is 4.46. The minimum atomic E-state index is -0.701. The Morgan fingerprint density at radius 1 is 1.38 bits per heavy atom. The molecule has 0 heterocycles. The Morgan fingerprint density at radius 2 is 2.00 bits per heavy atom. The molecule has 0 radical (unpaired) electrons. The molecule has 1 aromatic carbocycles. The first-order chi connectivity index (χ1) is 7.53. The molecule has 1 saturated carbocycles. The molecule has 3 heteroatoms. The molecule has 1 fully saturated rings. The fourth-order valence-corrected chi connectivity index (χ4v) is 2.93. The van der Waals surface area contributed by atoms with E-state index in [1.165, 1.54) is 6.07 Å². The summed E-state index contributed by atoms with van der Waals surface area (Å²) >= 11 is 3.31. The Hall–Kier alpha value is -0.410. The molecule has 0 amide bonds. The van der Waals surface area contributed by atoms with Gasteiger partial charge in [0.1, 0.15) is 5.82 Å². The first kappa shape index (κ1) is 12.1. The number of hydrogen-bond donors (Lipinski definition) is 1. The van der Waals surface area contributed by atoms with E-state index < -0.39 is 6.10 Å². The first-order valence-electron chi connectivity index (χ1n) is 5.66. The van der Waals surface area contributed by atoms with Crippen LogP contribution in [-0.2, 0) is 0 Å². The van der Waals surface area contributed by atoms with Crippen molar-refractivity contribution in [1.82, 2.24) is 0 Å². The molecular weight excluding hydrogens is 271 g/mol. The second-order valence-corrected chi connectivity index (χ2v) is 5.85. The molecule has 0 spiro atoms. The van der Waals surface area contributed by atoms with Crippen molar-refractivity contribution in [2.24, 2.45) is 5.41 Å². The van der Waals surface area contributed by atoms with E-state index >= 15 is 0 Å². The maximum absolute atomic E-state index is 13.7. The van der Waals surface area contributed by atoms with Gasteiger partial charge in [0.2, 0.25) is 0 Å². The van der Waals surface area contributed by atoms with Gasteiger partial charge in [-0.05, 0) is 36.5 Å². The lowest BCUT2D eigenvalue weighted by Crippen LogP contribution is -2.22. The van der Waals surface area contributed by atoms with Crippen LogP contribution in [0.5, 0.6) is 0 Å². The summed E-state index contributed by atoms with van der Waals surface area (Å²) in [6.07, 6.45) is 3.50. The van der Waals surface area contributed by atoms with Crippen LogP contribution in [0.2, 0.25) is 0 Å². The summed E-state index contributed by atoms with van der Waals surface area (Å²) in [5.74, 6) is -0.316. The SMILES string of the molecule is CC1(C(O)c2cc(Br)ccc2F)CCCC1. The van der Waals surface area contributed by atoms with Gasteiger partial charge in [-0.1, -0.05) is 35.7 Å². The van der Waals surface area contributed by atoms with Gasteiger partial charge in [0.15, 0.2) is 0 Å². The van der Waals surface area contributed by atoms with Gasteiger partial charge < -0.3 is 5.11 Å². The second-order valence-electron chi connectivity index (χ2n) is 4.93. The van der Waals surface area contributed by atoms with E-state index in [4.69, 9.17) is 0 Å². The Bertz CT molecular complexity index is 386. The third kappa shape index (κ3) is 2.16. The van der Waals surface area contributed by atoms with E-state index in [-0.39, 0.29) is 11.2 Å². The summed E-state index contributed by atoms with van der Waals surface area (Å²) in [6.45, 7) is 2.05. The van der Waals surface area contributed by atoms with Crippen LogP contribution < -0.4 is 0 Å². The fraction of sp³-hybridized carbons (Fsp3) is 0.538. The van der Waals surface area contributed by atoms with E-state index in [1.807, 2.05) is 6.92 Å². The molecule has 1 nitrogen and oxygen atoms in total. The summed E-state index contributed by atoms with van der Waals surface area (Å²) in [5.41, 5.74) is 0.250. The Kier molecular flexibility index (Phi) is 3.36. The van der Waals surface area contributed by atoms with Gasteiger partial charge in [0, 0.05) is 10.0 Å². The Labute approximate surface area is 104 Å². The summed E-state index contributed by atoms with van der Waals surface area (Å²) in [6, 6.07) is 4.74. The minimum absolute atomic E-state index is 0.165. The van der Waals surface area contributed by atoms with Crippen LogP contribution in [0.25, 0.3) is 0 Å². The normalized spacial score (nSPS) is 21.0. The highest BCUT2D eigenvalue weighted by atomic mass is 79.9. The van der Waals surface area contributed by atoms with Gasteiger partial charge in [-0.25, -0.2) is 4.39 Å². The number of benzene rings is 1. The lowest BCUT2D eigenvalue weighted by molar-refractivity contribution is 0.0379. The van der Waals surface area contributed by atoms with Crippen molar-refractivity contribution >= 4 is 15.9 Å². The molecule has 16 heavy (non-hydrogen) atoms. The van der Waals surface area contributed by atoms with Crippen LogP contribution in [0, 0.1) is 11.2 Å². The van der Waals surface area contributed by atoms with Crippen molar-refractivity contribution in [2.45, 2.75) is 38.7 Å². The minimum Gasteiger partial charge on any atom is -0.388 e. The molecule has 2 rings (SSSR count). The molecule has 1 unspecified atom stereocenters. The average molecular weight is 287 g/mol. The summed E-state index contributed by atoms with van der Waals surface area (Å²) in [7, 11) is 0. The number of hydrogen-bond acceptors (Lipinski definition) is 1. The predicted octanol–water partition coefficient (Wildman–Crippen LogP) is 4.20. The van der Waals surface area contributed by atoms with Gasteiger partial charge in [0.25, 0.3) is 0 Å². The van der Waals surface area contributed by atoms with Crippen LogP contribution >= 0.6 is 15.9 Å². The molecular formula is C13H16BrFO. The van der Waals surface area contributed by atoms with Crippen LogP contribution in [0.3, 0.4) is 0 Å². The lowest BCUT2D eigenvalue weighted by atomic mass is 9.79. The zero-order chi connectivity index (χ0) is 11.8. The molecule has 0 aliphatic heterocycles. The monoisotopic (exact) mass is 286 g/mol. The van der Waals surface area contributed by atoms with Gasteiger partial charge in [0.05, 0.1) is 6.10 Å². The van der Waals surface area contributed by atoms with Crippen molar-refractivity contribution in [3.8, 4) is 0 Å². The molecule has 0 bridgehead atoms. The van der Waals surface area contributed by atoms with E-state index in [1.54, 1.807) is 12.1 Å². The van der Waals surface area contributed by atoms with Gasteiger partial charge in [-0.2, -0.15) is 0 Å². The van der Waals surface area contributed by atoms with E-state index in [2.05, 4.69) is 15.9 Å². The summed E-state index contributed by atoms with van der Waals surface area (Å²) in [4.78, 5) is 0. The fourth-order valence-electron chi connectivity index (χ4n) is 2.56. The zero-order valence-corrected chi connectivity index (χ0v) is 10.9. The van der Waals surface area contributed by atoms with Gasteiger partial charge in [-0.3, -0.25) is 0 Å². The summed E-state index contributed by atoms with van der Waals surface area (Å²) < 4.78 is 14.5. The molecule has 1 N–H and O–H groups in total. The zero-order valence-electron chi connectivity index (χ0n) is 9.34. The van der Waals surface area contributed by atoms with Gasteiger partial charge in [-0.15, -0.1) is 0 Å². The number of aliphatic hydroxyl groups is 1. The quantitative estimate of drug-likeness (QED) is 0.864. The number of halogens is 2. The largest absolute Gasteiger partial charge is 0.388 e. The Balaban J connectivity index is 2.32. The predicted molar refractivity (Wildman–Crippen MR) is 65.6 cm³/mol. The molecule has 1 aliphatic rings. The summed E-state index contributed by atoms with van der Waals surface area (Å²) in [5, 5.41) is 10.3. The molecule has 0 aromatic heterocycles. The van der Waals surface area contributed by atoms with Crippen LogP contribution in [-0.4, -0.2) is 5.11 Å². The maximum atomic E-state index is 13.7. The molecule has 1 aromatic rings. The molecule has 1 aliphatic carbocycles. The number of rotatable bonds is 2. The number of aliphatic hydroxyl groups excluding tert-OH is 1. The van der Waals surface area contributed by atoms with Crippen molar-refractivity contribution in [3.63, 3.8) is 0 Å². The highest BCUT2D eigenvalue weighted by Crippen LogP contribution is 2.47. The van der Waals surface area contributed by atoms with Crippen molar-refractivity contribution < 1.29 is 9.50 Å². The smallest absolute Gasteiger partial charge is 0.129 e. The molecule has 88 valence electrons. The molecule has 0 saturated heterocycles. The van der Waals surface area contributed by atoms with Crippen LogP contribution in [0.1, 0.15) is 44.3 Å². The van der Waals surface area contributed by atoms with Crippen molar-refractivity contribution in [2.75, 3.05) is 0 Å². The topological polar surface area (TPSA) is 20.2 Å². The third-order valence-corrected chi connectivity index (χ3v) is 4.15.